The topological polar surface area (TPSA) is 38.8 Å². The second-order valence-corrected chi connectivity index (χ2v) is 6.43. The Kier molecular flexibility index (Phi) is 5.62. The highest BCUT2D eigenvalue weighted by atomic mass is 19.1. The number of hydrogen-bond acceptors (Lipinski definition) is 3. The summed E-state index contributed by atoms with van der Waals surface area (Å²) in [6, 6.07) is 6.37. The van der Waals surface area contributed by atoms with E-state index in [4.69, 9.17) is 9.47 Å². The van der Waals surface area contributed by atoms with E-state index in [2.05, 4.69) is 11.8 Å². The maximum atomic E-state index is 13.4. The van der Waals surface area contributed by atoms with E-state index in [1.807, 2.05) is 20.8 Å². The molecular formula is C18H22FNO3. The standard InChI is InChI=1S/C18H22FNO3/c1-18(2,3)23-17(21)20-11-10-15(13-20)22-12-6-8-14-7-4-5-9-16(14)19/h4-5,7,9,15H,10-13H2,1-3H3. The summed E-state index contributed by atoms with van der Waals surface area (Å²) in [7, 11) is 0. The summed E-state index contributed by atoms with van der Waals surface area (Å²) in [5, 5.41) is 0. The first kappa shape index (κ1) is 17.3. The van der Waals surface area contributed by atoms with Crippen molar-refractivity contribution in [2.75, 3.05) is 19.7 Å². The second-order valence-electron chi connectivity index (χ2n) is 6.43. The minimum absolute atomic E-state index is 0.0579. The van der Waals surface area contributed by atoms with Crippen molar-refractivity contribution in [1.82, 2.24) is 4.90 Å². The SMILES string of the molecule is CC(C)(C)OC(=O)N1CCC(OCC#Cc2ccccc2F)C1. The molecule has 5 heteroatoms. The Hall–Kier alpha value is -2.06. The van der Waals surface area contributed by atoms with Crippen LogP contribution < -0.4 is 0 Å². The molecule has 0 aromatic heterocycles. The van der Waals surface area contributed by atoms with Gasteiger partial charge < -0.3 is 14.4 Å². The van der Waals surface area contributed by atoms with E-state index in [1.54, 1.807) is 23.1 Å². The van der Waals surface area contributed by atoms with E-state index in [0.29, 0.717) is 18.7 Å². The van der Waals surface area contributed by atoms with Gasteiger partial charge in [0.2, 0.25) is 0 Å². The predicted octanol–water partition coefficient (Wildman–Crippen LogP) is 3.20. The Morgan fingerprint density at radius 2 is 2.13 bits per heavy atom. The number of likely N-dealkylation sites (tertiary alicyclic amines) is 1. The Morgan fingerprint density at radius 3 is 2.83 bits per heavy atom. The minimum atomic E-state index is -0.499. The van der Waals surface area contributed by atoms with Crippen LogP contribution in [0.25, 0.3) is 0 Å². The lowest BCUT2D eigenvalue weighted by Gasteiger charge is -2.24. The van der Waals surface area contributed by atoms with Gasteiger partial charge in [0.05, 0.1) is 18.2 Å². The van der Waals surface area contributed by atoms with Crippen LogP contribution in [0.3, 0.4) is 0 Å². The number of carbonyl (C=O) groups excluding carboxylic acids is 1. The van der Waals surface area contributed by atoms with Crippen molar-refractivity contribution >= 4 is 6.09 Å². The molecule has 0 N–H and O–H groups in total. The van der Waals surface area contributed by atoms with Crippen molar-refractivity contribution in [2.24, 2.45) is 0 Å². The summed E-state index contributed by atoms with van der Waals surface area (Å²) in [5.74, 6) is 5.22. The van der Waals surface area contributed by atoms with Gasteiger partial charge in [0, 0.05) is 6.54 Å². The van der Waals surface area contributed by atoms with Crippen LogP contribution in [0.1, 0.15) is 32.8 Å². The Labute approximate surface area is 136 Å². The molecule has 0 aliphatic carbocycles. The number of amides is 1. The molecule has 0 bridgehead atoms. The third-order valence-corrected chi connectivity index (χ3v) is 3.28. The largest absolute Gasteiger partial charge is 0.444 e. The average molecular weight is 319 g/mol. The van der Waals surface area contributed by atoms with Crippen molar-refractivity contribution in [3.8, 4) is 11.8 Å². The van der Waals surface area contributed by atoms with E-state index >= 15 is 0 Å². The molecule has 1 atom stereocenters. The molecular weight excluding hydrogens is 297 g/mol. The molecule has 1 saturated heterocycles. The highest BCUT2D eigenvalue weighted by Gasteiger charge is 2.29. The van der Waals surface area contributed by atoms with Crippen molar-refractivity contribution < 1.29 is 18.7 Å². The third-order valence-electron chi connectivity index (χ3n) is 3.28. The number of carbonyl (C=O) groups is 1. The average Bonchev–Trinajstić information content (AvgIpc) is 2.92. The Balaban J connectivity index is 1.77. The third kappa shape index (κ3) is 5.57. The minimum Gasteiger partial charge on any atom is -0.444 e. The Bertz CT molecular complexity index is 613. The van der Waals surface area contributed by atoms with Crippen LogP contribution >= 0.6 is 0 Å². The first-order chi connectivity index (χ1) is 10.8. The van der Waals surface area contributed by atoms with Crippen molar-refractivity contribution in [3.63, 3.8) is 0 Å². The van der Waals surface area contributed by atoms with E-state index in [1.165, 1.54) is 6.07 Å². The molecule has 0 spiro atoms. The smallest absolute Gasteiger partial charge is 0.410 e. The normalized spacial score (nSPS) is 17.6. The lowest BCUT2D eigenvalue weighted by atomic mass is 10.2. The molecule has 2 rings (SSSR count). The number of ether oxygens (including phenoxy) is 2. The molecule has 0 radical (unpaired) electrons. The molecule has 4 nitrogen and oxygen atoms in total. The second kappa shape index (κ2) is 7.47. The molecule has 1 aliphatic heterocycles. The summed E-state index contributed by atoms with van der Waals surface area (Å²) in [6.07, 6.45) is 0.374. The molecule has 0 saturated carbocycles. The molecule has 124 valence electrons. The summed E-state index contributed by atoms with van der Waals surface area (Å²) in [5.41, 5.74) is -0.140. The number of nitrogens with zero attached hydrogens (tertiary/aromatic N) is 1. The monoisotopic (exact) mass is 319 g/mol. The maximum Gasteiger partial charge on any atom is 0.410 e. The van der Waals surface area contributed by atoms with Crippen LogP contribution in [-0.4, -0.2) is 42.4 Å². The van der Waals surface area contributed by atoms with Crippen LogP contribution in [0, 0.1) is 17.7 Å². The fourth-order valence-electron chi connectivity index (χ4n) is 2.21. The fourth-order valence-corrected chi connectivity index (χ4v) is 2.21. The lowest BCUT2D eigenvalue weighted by Crippen LogP contribution is -2.36. The maximum absolute atomic E-state index is 13.4. The molecule has 1 amide bonds. The summed E-state index contributed by atoms with van der Waals surface area (Å²) < 4.78 is 24.3. The molecule has 1 aromatic carbocycles. The molecule has 1 unspecified atom stereocenters. The number of rotatable bonds is 2. The molecule has 23 heavy (non-hydrogen) atoms. The Morgan fingerprint density at radius 1 is 1.39 bits per heavy atom. The molecule has 1 fully saturated rings. The fraction of sp³-hybridized carbons (Fsp3) is 0.500. The first-order valence-electron chi connectivity index (χ1n) is 7.68. The van der Waals surface area contributed by atoms with Gasteiger partial charge in [0.15, 0.2) is 0 Å². The van der Waals surface area contributed by atoms with Gasteiger partial charge in [-0.15, -0.1) is 0 Å². The van der Waals surface area contributed by atoms with Crippen molar-refractivity contribution in [2.45, 2.75) is 38.9 Å². The number of benzene rings is 1. The van der Waals surface area contributed by atoms with E-state index < -0.39 is 5.60 Å². The number of halogens is 1. The number of hydrogen-bond donors (Lipinski definition) is 0. The van der Waals surface area contributed by atoms with Gasteiger partial charge in [0.25, 0.3) is 0 Å². The summed E-state index contributed by atoms with van der Waals surface area (Å²) in [6.45, 7) is 6.84. The lowest BCUT2D eigenvalue weighted by molar-refractivity contribution is 0.0238. The summed E-state index contributed by atoms with van der Waals surface area (Å²) >= 11 is 0. The highest BCUT2D eigenvalue weighted by molar-refractivity contribution is 5.68. The zero-order valence-electron chi connectivity index (χ0n) is 13.8. The van der Waals surface area contributed by atoms with Gasteiger partial charge in [-0.05, 0) is 39.3 Å². The molecule has 1 aromatic rings. The summed E-state index contributed by atoms with van der Waals surface area (Å²) in [4.78, 5) is 13.6. The van der Waals surface area contributed by atoms with Crippen LogP contribution in [0.4, 0.5) is 9.18 Å². The molecule has 1 heterocycles. The van der Waals surface area contributed by atoms with E-state index in [-0.39, 0.29) is 24.6 Å². The van der Waals surface area contributed by atoms with Gasteiger partial charge in [-0.3, -0.25) is 0 Å². The van der Waals surface area contributed by atoms with Crippen molar-refractivity contribution in [3.05, 3.63) is 35.6 Å². The zero-order chi connectivity index (χ0) is 16.9. The quantitative estimate of drug-likeness (QED) is 0.786. The first-order valence-corrected chi connectivity index (χ1v) is 7.68. The van der Waals surface area contributed by atoms with Gasteiger partial charge in [-0.2, -0.15) is 0 Å². The van der Waals surface area contributed by atoms with Gasteiger partial charge in [-0.1, -0.05) is 24.0 Å². The highest BCUT2D eigenvalue weighted by Crippen LogP contribution is 2.17. The van der Waals surface area contributed by atoms with Crippen LogP contribution in [0.2, 0.25) is 0 Å². The van der Waals surface area contributed by atoms with Gasteiger partial charge in [0.1, 0.15) is 18.0 Å². The molecule has 1 aliphatic rings. The van der Waals surface area contributed by atoms with Crippen molar-refractivity contribution in [1.29, 1.82) is 0 Å². The van der Waals surface area contributed by atoms with E-state index in [9.17, 15) is 9.18 Å². The van der Waals surface area contributed by atoms with Crippen LogP contribution in [0.5, 0.6) is 0 Å². The van der Waals surface area contributed by atoms with Crippen LogP contribution in [0.15, 0.2) is 24.3 Å². The van der Waals surface area contributed by atoms with Gasteiger partial charge >= 0.3 is 6.09 Å². The van der Waals surface area contributed by atoms with E-state index in [0.717, 1.165) is 6.42 Å². The van der Waals surface area contributed by atoms with Crippen LogP contribution in [-0.2, 0) is 9.47 Å². The predicted molar refractivity (Wildman–Crippen MR) is 85.4 cm³/mol. The zero-order valence-corrected chi connectivity index (χ0v) is 13.8. The van der Waals surface area contributed by atoms with Gasteiger partial charge in [-0.25, -0.2) is 9.18 Å².